The Morgan fingerprint density at radius 2 is 1.81 bits per heavy atom. The number of nitrogens with zero attached hydrogens (tertiary/aromatic N) is 2. The lowest BCUT2D eigenvalue weighted by atomic mass is 9.52. The van der Waals surface area contributed by atoms with E-state index in [-0.39, 0.29) is 24.2 Å². The van der Waals surface area contributed by atoms with Crippen LogP contribution in [0.4, 0.5) is 0 Å². The number of phenols is 1. The van der Waals surface area contributed by atoms with E-state index in [0.29, 0.717) is 16.8 Å². The summed E-state index contributed by atoms with van der Waals surface area (Å²) in [6, 6.07) is 5.55. The smallest absolute Gasteiger partial charge is 0.235 e. The van der Waals surface area contributed by atoms with E-state index in [4.69, 9.17) is 5.73 Å². The average Bonchev–Trinajstić information content (AvgIpc) is 2.82. The molecule has 0 saturated heterocycles. The zero-order valence-corrected chi connectivity index (χ0v) is 20.6. The lowest BCUT2D eigenvalue weighted by molar-refractivity contribution is -0.181. The van der Waals surface area contributed by atoms with Gasteiger partial charge in [0.25, 0.3) is 0 Å². The minimum absolute atomic E-state index is 0.000315. The van der Waals surface area contributed by atoms with Crippen LogP contribution < -0.4 is 5.73 Å². The van der Waals surface area contributed by atoms with E-state index in [1.54, 1.807) is 32.4 Å². The second-order valence-electron chi connectivity index (χ2n) is 10.5. The third-order valence-corrected chi connectivity index (χ3v) is 8.13. The molecule has 0 bridgehead atoms. The van der Waals surface area contributed by atoms with Crippen LogP contribution in [0.25, 0.3) is 11.3 Å². The number of likely N-dealkylation sites (N-methyl/N-ethyl adjacent to an activating group) is 1. The summed E-state index contributed by atoms with van der Waals surface area (Å²) >= 11 is 0. The Hall–Kier alpha value is -3.76. The van der Waals surface area contributed by atoms with Crippen LogP contribution in [0.15, 0.2) is 30.5 Å². The van der Waals surface area contributed by atoms with Crippen molar-refractivity contribution in [2.24, 2.45) is 29.4 Å². The van der Waals surface area contributed by atoms with Crippen molar-refractivity contribution in [2.45, 2.75) is 31.4 Å². The summed E-state index contributed by atoms with van der Waals surface area (Å²) in [7, 11) is 3.10. The number of nitrogens with two attached hydrogens (primary N) is 1. The van der Waals surface area contributed by atoms with Gasteiger partial charge in [-0.05, 0) is 69.1 Å². The number of hydrogen-bond acceptors (Lipinski definition) is 9. The number of fused-ring (bicyclic) bond motifs is 3. The molecule has 4 N–H and O–H groups in total. The summed E-state index contributed by atoms with van der Waals surface area (Å²) in [6.07, 6.45) is 1.87. The second kappa shape index (κ2) is 8.39. The van der Waals surface area contributed by atoms with E-state index in [2.05, 4.69) is 4.98 Å². The number of primary amides is 1. The van der Waals surface area contributed by atoms with Crippen molar-refractivity contribution in [3.8, 4) is 17.0 Å². The van der Waals surface area contributed by atoms with Crippen molar-refractivity contribution in [1.29, 1.82) is 0 Å². The molecule has 2 fully saturated rings. The zero-order valence-electron chi connectivity index (χ0n) is 20.6. The molecule has 0 radical (unpaired) electrons. The predicted molar refractivity (Wildman–Crippen MR) is 129 cm³/mol. The molecule has 2 aromatic rings. The number of hydrogen-bond donors (Lipinski definition) is 3. The van der Waals surface area contributed by atoms with Crippen molar-refractivity contribution >= 4 is 29.0 Å². The fraction of sp³-hybridized carbons (Fsp3) is 0.407. The molecule has 1 aromatic heterocycles. The van der Waals surface area contributed by atoms with Crippen LogP contribution in [0.3, 0.4) is 0 Å². The molecule has 1 heterocycles. The van der Waals surface area contributed by atoms with Gasteiger partial charge in [0.1, 0.15) is 5.75 Å². The van der Waals surface area contributed by atoms with Gasteiger partial charge in [-0.25, -0.2) is 0 Å². The maximum atomic E-state index is 13.8. The second-order valence-corrected chi connectivity index (χ2v) is 10.5. The van der Waals surface area contributed by atoms with Crippen molar-refractivity contribution in [2.75, 3.05) is 14.1 Å². The zero-order chi connectivity index (χ0) is 27.0. The third kappa shape index (κ3) is 3.39. The van der Waals surface area contributed by atoms with E-state index in [1.165, 1.54) is 11.0 Å². The van der Waals surface area contributed by atoms with Crippen molar-refractivity contribution in [1.82, 2.24) is 9.88 Å². The Bertz CT molecular complexity index is 1380. The molecule has 2 saturated carbocycles. The first kappa shape index (κ1) is 24.9. The molecule has 1 aromatic carbocycles. The van der Waals surface area contributed by atoms with E-state index < -0.39 is 64.4 Å². The van der Waals surface area contributed by atoms with Gasteiger partial charge in [0.15, 0.2) is 34.7 Å². The normalized spacial score (nSPS) is 31.1. The van der Waals surface area contributed by atoms with Gasteiger partial charge in [0.2, 0.25) is 5.91 Å². The first-order valence-electron chi connectivity index (χ1n) is 12.0. The molecule has 3 aliphatic rings. The maximum Gasteiger partial charge on any atom is 0.235 e. The predicted octanol–water partition coefficient (Wildman–Crippen LogP) is 0.237. The number of ketones is 4. The fourth-order valence-corrected chi connectivity index (χ4v) is 6.47. The highest BCUT2D eigenvalue weighted by Gasteiger charge is 2.69. The molecule has 192 valence electrons. The molecule has 37 heavy (non-hydrogen) atoms. The van der Waals surface area contributed by atoms with E-state index in [1.807, 2.05) is 13.0 Å². The Kier molecular flexibility index (Phi) is 5.65. The molecular formula is C27H27N3O7. The topological polar surface area (TPSA) is 168 Å². The van der Waals surface area contributed by atoms with Crippen LogP contribution in [0.1, 0.15) is 27.9 Å². The highest BCUT2D eigenvalue weighted by molar-refractivity contribution is 6.32. The summed E-state index contributed by atoms with van der Waals surface area (Å²) in [5.74, 6) is -10.6. The highest BCUT2D eigenvalue weighted by atomic mass is 16.3. The number of benzene rings is 1. The molecule has 6 atom stereocenters. The monoisotopic (exact) mass is 505 g/mol. The standard InChI is InChI=1S/C27H27N3O7/c1-11-4-6-16(29-10-11)13-5-7-17(31)19-14(13)8-12-9-15-21(30(2)3)23(33)20(26(28)36)25(35)27(15,37)24(34)18(12)22(19)32/h4-7,10,12,15,18,20-21,31,37H,8-9H2,1-3H3,(H2,28,36). The number of aromatic hydroxyl groups is 1. The number of pyridine rings is 1. The Morgan fingerprint density at radius 1 is 1.11 bits per heavy atom. The van der Waals surface area contributed by atoms with Gasteiger partial charge in [-0.1, -0.05) is 6.07 Å². The molecule has 10 nitrogen and oxygen atoms in total. The van der Waals surface area contributed by atoms with Gasteiger partial charge in [0.05, 0.1) is 23.2 Å². The molecule has 0 aliphatic heterocycles. The largest absolute Gasteiger partial charge is 0.507 e. The van der Waals surface area contributed by atoms with Crippen molar-refractivity contribution < 1.29 is 34.2 Å². The summed E-state index contributed by atoms with van der Waals surface area (Å²) in [4.78, 5) is 72.0. The fourth-order valence-electron chi connectivity index (χ4n) is 6.47. The summed E-state index contributed by atoms with van der Waals surface area (Å²) < 4.78 is 0. The van der Waals surface area contributed by atoms with Crippen LogP contribution in [-0.4, -0.2) is 74.9 Å². The van der Waals surface area contributed by atoms with Crippen LogP contribution in [0.2, 0.25) is 0 Å². The third-order valence-electron chi connectivity index (χ3n) is 8.13. The van der Waals surface area contributed by atoms with Gasteiger partial charge < -0.3 is 15.9 Å². The highest BCUT2D eigenvalue weighted by Crippen LogP contribution is 2.51. The number of aryl methyl sites for hydroxylation is 1. The Morgan fingerprint density at radius 3 is 2.41 bits per heavy atom. The first-order chi connectivity index (χ1) is 17.4. The summed E-state index contributed by atoms with van der Waals surface area (Å²) in [5, 5.41) is 22.2. The van der Waals surface area contributed by atoms with E-state index in [0.717, 1.165) is 5.56 Å². The van der Waals surface area contributed by atoms with Gasteiger partial charge in [-0.3, -0.25) is 33.9 Å². The minimum Gasteiger partial charge on any atom is -0.507 e. The lowest BCUT2D eigenvalue weighted by Crippen LogP contribution is -2.74. The number of amides is 1. The van der Waals surface area contributed by atoms with Crippen molar-refractivity contribution in [3.63, 3.8) is 0 Å². The molecule has 6 unspecified atom stereocenters. The number of carbonyl (C=O) groups excluding carboxylic acids is 5. The number of rotatable bonds is 3. The number of phenolic OH excluding ortho intramolecular Hbond substituents is 1. The minimum atomic E-state index is -2.73. The van der Waals surface area contributed by atoms with Gasteiger partial charge in [-0.2, -0.15) is 0 Å². The van der Waals surface area contributed by atoms with Gasteiger partial charge >= 0.3 is 0 Å². The molecule has 0 spiro atoms. The van der Waals surface area contributed by atoms with E-state index >= 15 is 0 Å². The SMILES string of the molecule is Cc1ccc(-c2ccc(O)c3c2CC2CC4C(N(C)C)C(=O)C(C(N)=O)C(=O)C4(O)C(=O)C2C3=O)nc1. The number of aliphatic hydroxyl groups is 1. The molecule has 10 heteroatoms. The average molecular weight is 506 g/mol. The van der Waals surface area contributed by atoms with Crippen LogP contribution in [0.5, 0.6) is 5.75 Å². The van der Waals surface area contributed by atoms with Gasteiger partial charge in [0, 0.05) is 17.7 Å². The van der Waals surface area contributed by atoms with Crippen LogP contribution in [0, 0.1) is 30.6 Å². The molecule has 1 amide bonds. The van der Waals surface area contributed by atoms with Crippen LogP contribution >= 0.6 is 0 Å². The Balaban J connectivity index is 1.66. The number of Topliss-reactive ketones (excluding diaryl/α,β-unsaturated/α-hetero) is 4. The number of aromatic nitrogens is 1. The lowest BCUT2D eigenvalue weighted by Gasteiger charge is -2.52. The Labute approximate surface area is 212 Å². The van der Waals surface area contributed by atoms with Crippen LogP contribution in [-0.2, 0) is 25.6 Å². The van der Waals surface area contributed by atoms with E-state index in [9.17, 15) is 34.2 Å². The molecule has 3 aliphatic carbocycles. The number of carbonyl (C=O) groups is 5. The summed E-state index contributed by atoms with van der Waals surface area (Å²) in [5.41, 5.74) is 5.23. The summed E-state index contributed by atoms with van der Waals surface area (Å²) in [6.45, 7) is 1.89. The molecule has 5 rings (SSSR count). The first-order valence-corrected chi connectivity index (χ1v) is 12.0. The van der Waals surface area contributed by atoms with Gasteiger partial charge in [-0.15, -0.1) is 0 Å². The van der Waals surface area contributed by atoms with Crippen molar-refractivity contribution in [3.05, 3.63) is 47.2 Å². The quantitative estimate of drug-likeness (QED) is 0.495. The molecular weight excluding hydrogens is 478 g/mol. The maximum absolute atomic E-state index is 13.8.